The quantitative estimate of drug-likeness (QED) is 0.725. The minimum Gasteiger partial charge on any atom is -0.377 e. The van der Waals surface area contributed by atoms with Crippen LogP contribution in [0.4, 0.5) is 11.5 Å². The van der Waals surface area contributed by atoms with Crippen molar-refractivity contribution < 1.29 is 4.79 Å². The topological polar surface area (TPSA) is 61.4 Å². The zero-order chi connectivity index (χ0) is 20.1. The minimum atomic E-state index is -0.0201. The summed E-state index contributed by atoms with van der Waals surface area (Å²) in [5, 5.41) is 3.43. The number of amides is 1. The van der Waals surface area contributed by atoms with Gasteiger partial charge < -0.3 is 15.1 Å². The summed E-state index contributed by atoms with van der Waals surface area (Å²) in [6.07, 6.45) is 3.53. The molecule has 1 unspecified atom stereocenters. The molecule has 2 aromatic heterocycles. The Labute approximate surface area is 171 Å². The van der Waals surface area contributed by atoms with Gasteiger partial charge in [-0.15, -0.1) is 0 Å². The van der Waals surface area contributed by atoms with Crippen LogP contribution in [0.15, 0.2) is 73.1 Å². The Morgan fingerprint density at radius 2 is 1.69 bits per heavy atom. The molecule has 0 radical (unpaired) electrons. The lowest BCUT2D eigenvalue weighted by Gasteiger charge is -2.35. The van der Waals surface area contributed by atoms with E-state index in [1.807, 2.05) is 47.4 Å². The molecular weight excluding hydrogens is 362 g/mol. The number of hydrogen-bond acceptors (Lipinski definition) is 5. The largest absolute Gasteiger partial charge is 0.377 e. The summed E-state index contributed by atoms with van der Waals surface area (Å²) >= 11 is 0. The molecule has 148 valence electrons. The molecule has 1 aromatic carbocycles. The molecule has 6 nitrogen and oxygen atoms in total. The number of carbonyl (C=O) groups excluding carboxylic acids is 1. The highest BCUT2D eigenvalue weighted by atomic mass is 16.2. The number of nitrogens with zero attached hydrogens (tertiary/aromatic N) is 4. The summed E-state index contributed by atoms with van der Waals surface area (Å²) < 4.78 is 0. The van der Waals surface area contributed by atoms with Gasteiger partial charge in [-0.05, 0) is 36.8 Å². The van der Waals surface area contributed by atoms with Gasteiger partial charge in [0.25, 0.3) is 5.91 Å². The maximum atomic E-state index is 12.8. The van der Waals surface area contributed by atoms with E-state index in [0.717, 1.165) is 24.6 Å². The van der Waals surface area contributed by atoms with Crippen LogP contribution in [0.2, 0.25) is 0 Å². The van der Waals surface area contributed by atoms with Crippen molar-refractivity contribution in [3.63, 3.8) is 0 Å². The van der Waals surface area contributed by atoms with E-state index in [4.69, 9.17) is 0 Å². The van der Waals surface area contributed by atoms with Crippen LogP contribution in [0.25, 0.3) is 0 Å². The summed E-state index contributed by atoms with van der Waals surface area (Å²) in [6, 6.07) is 20.0. The van der Waals surface area contributed by atoms with Gasteiger partial charge >= 0.3 is 0 Å². The molecule has 1 saturated heterocycles. The molecule has 3 heterocycles. The van der Waals surface area contributed by atoms with Crippen LogP contribution in [0, 0.1) is 0 Å². The first-order valence-corrected chi connectivity index (χ1v) is 9.93. The highest BCUT2D eigenvalue weighted by Gasteiger charge is 2.23. The number of piperazine rings is 1. The number of benzene rings is 1. The van der Waals surface area contributed by atoms with Gasteiger partial charge in [-0.1, -0.05) is 36.4 Å². The second-order valence-corrected chi connectivity index (χ2v) is 7.18. The lowest BCUT2D eigenvalue weighted by Crippen LogP contribution is -2.49. The summed E-state index contributed by atoms with van der Waals surface area (Å²) in [5.74, 6) is 0.939. The molecule has 4 rings (SSSR count). The van der Waals surface area contributed by atoms with Crippen molar-refractivity contribution in [2.45, 2.75) is 13.0 Å². The fourth-order valence-corrected chi connectivity index (χ4v) is 3.52. The zero-order valence-electron chi connectivity index (χ0n) is 16.5. The number of aromatic nitrogens is 2. The smallest absolute Gasteiger partial charge is 0.272 e. The summed E-state index contributed by atoms with van der Waals surface area (Å²) in [5.41, 5.74) is 2.59. The Hall–Kier alpha value is -3.41. The molecule has 1 aliphatic heterocycles. The predicted molar refractivity (Wildman–Crippen MR) is 115 cm³/mol. The van der Waals surface area contributed by atoms with Crippen LogP contribution in [-0.4, -0.2) is 47.0 Å². The third-order valence-electron chi connectivity index (χ3n) is 5.21. The third-order valence-corrected chi connectivity index (χ3v) is 5.21. The number of rotatable bonds is 5. The van der Waals surface area contributed by atoms with Crippen molar-refractivity contribution >= 4 is 17.4 Å². The van der Waals surface area contributed by atoms with Crippen molar-refractivity contribution in [2.24, 2.45) is 0 Å². The number of nitrogens with one attached hydrogen (secondary N) is 1. The summed E-state index contributed by atoms with van der Waals surface area (Å²) in [6.45, 7) is 4.99. The molecule has 0 saturated carbocycles. The van der Waals surface area contributed by atoms with E-state index in [1.54, 1.807) is 18.5 Å². The first-order chi connectivity index (χ1) is 14.2. The second kappa shape index (κ2) is 8.73. The van der Waals surface area contributed by atoms with Gasteiger partial charge in [-0.2, -0.15) is 0 Å². The van der Waals surface area contributed by atoms with E-state index in [-0.39, 0.29) is 11.9 Å². The zero-order valence-corrected chi connectivity index (χ0v) is 16.5. The van der Waals surface area contributed by atoms with E-state index in [2.05, 4.69) is 39.2 Å². The second-order valence-electron chi connectivity index (χ2n) is 7.18. The number of carbonyl (C=O) groups is 1. The van der Waals surface area contributed by atoms with Gasteiger partial charge in [-0.3, -0.25) is 4.79 Å². The minimum absolute atomic E-state index is 0.0201. The molecule has 1 amide bonds. The van der Waals surface area contributed by atoms with Gasteiger partial charge in [0, 0.05) is 38.4 Å². The van der Waals surface area contributed by atoms with E-state index in [1.165, 1.54) is 5.56 Å². The highest BCUT2D eigenvalue weighted by molar-refractivity contribution is 5.92. The van der Waals surface area contributed by atoms with Crippen molar-refractivity contribution in [2.75, 3.05) is 36.4 Å². The Morgan fingerprint density at radius 3 is 2.34 bits per heavy atom. The first kappa shape index (κ1) is 18.9. The molecular formula is C23H25N5O. The highest BCUT2D eigenvalue weighted by Crippen LogP contribution is 2.19. The molecule has 1 N–H and O–H groups in total. The van der Waals surface area contributed by atoms with Gasteiger partial charge in [0.2, 0.25) is 0 Å². The normalized spacial score (nSPS) is 15.1. The van der Waals surface area contributed by atoms with Crippen molar-refractivity contribution in [1.29, 1.82) is 0 Å². The van der Waals surface area contributed by atoms with Gasteiger partial charge in [-0.25, -0.2) is 9.97 Å². The Balaban J connectivity index is 1.34. The molecule has 0 aliphatic carbocycles. The van der Waals surface area contributed by atoms with Crippen LogP contribution in [0.5, 0.6) is 0 Å². The van der Waals surface area contributed by atoms with Gasteiger partial charge in [0.1, 0.15) is 11.5 Å². The van der Waals surface area contributed by atoms with Crippen LogP contribution < -0.4 is 10.2 Å². The molecule has 6 heteroatoms. The van der Waals surface area contributed by atoms with Gasteiger partial charge in [0.15, 0.2) is 0 Å². The maximum absolute atomic E-state index is 12.8. The predicted octanol–water partition coefficient (Wildman–Crippen LogP) is 3.61. The Morgan fingerprint density at radius 1 is 0.931 bits per heavy atom. The standard InChI is InChI=1S/C23H25N5O/c1-18(19-7-3-2-4-8-19)26-20-10-11-21(25-17-20)23(29)28-15-13-27(14-16-28)22-9-5-6-12-24-22/h2-12,17-18,26H,13-16H2,1H3. The Bertz CT molecular complexity index is 923. The lowest BCUT2D eigenvalue weighted by atomic mass is 10.1. The fraction of sp³-hybridized carbons (Fsp3) is 0.261. The molecule has 29 heavy (non-hydrogen) atoms. The van der Waals surface area contributed by atoms with Crippen molar-refractivity contribution in [3.05, 3.63) is 84.3 Å². The van der Waals surface area contributed by atoms with Crippen LogP contribution in [-0.2, 0) is 0 Å². The number of hydrogen-bond donors (Lipinski definition) is 1. The molecule has 0 bridgehead atoms. The monoisotopic (exact) mass is 387 g/mol. The average molecular weight is 387 g/mol. The average Bonchev–Trinajstić information content (AvgIpc) is 2.80. The maximum Gasteiger partial charge on any atom is 0.272 e. The van der Waals surface area contributed by atoms with Crippen molar-refractivity contribution in [3.8, 4) is 0 Å². The molecule has 1 fully saturated rings. The van der Waals surface area contributed by atoms with Crippen molar-refractivity contribution in [1.82, 2.24) is 14.9 Å². The van der Waals surface area contributed by atoms with E-state index >= 15 is 0 Å². The molecule has 1 atom stereocenters. The van der Waals surface area contributed by atoms with Gasteiger partial charge in [0.05, 0.1) is 11.9 Å². The number of anilines is 2. The SMILES string of the molecule is CC(Nc1ccc(C(=O)N2CCN(c3ccccn3)CC2)nc1)c1ccccc1. The Kier molecular flexibility index (Phi) is 5.70. The molecule has 0 spiro atoms. The third kappa shape index (κ3) is 4.54. The lowest BCUT2D eigenvalue weighted by molar-refractivity contribution is 0.0740. The van der Waals surface area contributed by atoms with Crippen LogP contribution >= 0.6 is 0 Å². The van der Waals surface area contributed by atoms with E-state index < -0.39 is 0 Å². The first-order valence-electron chi connectivity index (χ1n) is 9.93. The summed E-state index contributed by atoms with van der Waals surface area (Å²) in [7, 11) is 0. The molecule has 1 aliphatic rings. The van der Waals surface area contributed by atoms with Crippen LogP contribution in [0.1, 0.15) is 29.0 Å². The van der Waals surface area contributed by atoms with E-state index in [9.17, 15) is 4.79 Å². The fourth-order valence-electron chi connectivity index (χ4n) is 3.52. The molecule has 3 aromatic rings. The number of pyridine rings is 2. The summed E-state index contributed by atoms with van der Waals surface area (Å²) in [4.78, 5) is 25.7. The van der Waals surface area contributed by atoms with Crippen LogP contribution in [0.3, 0.4) is 0 Å². The van der Waals surface area contributed by atoms with E-state index in [0.29, 0.717) is 18.8 Å².